The molecule has 118 valence electrons. The highest BCUT2D eigenvalue weighted by molar-refractivity contribution is 7.88. The first-order valence-electron chi connectivity index (χ1n) is 7.55. The van der Waals surface area contributed by atoms with Crippen molar-refractivity contribution in [1.29, 1.82) is 0 Å². The molecule has 6 nitrogen and oxygen atoms in total. The Hall–Kier alpha value is -1.08. The van der Waals surface area contributed by atoms with E-state index in [2.05, 4.69) is 13.8 Å². The van der Waals surface area contributed by atoms with Crippen molar-refractivity contribution < 1.29 is 13.2 Å². The van der Waals surface area contributed by atoms with Gasteiger partial charge in [-0.2, -0.15) is 5.10 Å². The second kappa shape index (κ2) is 5.28. The van der Waals surface area contributed by atoms with Crippen molar-refractivity contribution in [1.82, 2.24) is 14.1 Å². The molecule has 0 unspecified atom stereocenters. The van der Waals surface area contributed by atoms with E-state index in [-0.39, 0.29) is 6.10 Å². The zero-order chi connectivity index (χ0) is 15.2. The van der Waals surface area contributed by atoms with Crippen LogP contribution >= 0.6 is 0 Å². The van der Waals surface area contributed by atoms with Gasteiger partial charge in [-0.1, -0.05) is 0 Å². The summed E-state index contributed by atoms with van der Waals surface area (Å²) in [5.74, 6) is 1.23. The molecular weight excluding hydrogens is 290 g/mol. The number of hydrogen-bond donors (Lipinski definition) is 0. The predicted octanol–water partition coefficient (Wildman–Crippen LogP) is 1.50. The Kier molecular flexibility index (Phi) is 3.73. The van der Waals surface area contributed by atoms with Gasteiger partial charge in [0.1, 0.15) is 0 Å². The number of aryl methyl sites for hydroxylation is 1. The van der Waals surface area contributed by atoms with Crippen LogP contribution in [0.25, 0.3) is 0 Å². The van der Waals surface area contributed by atoms with E-state index >= 15 is 0 Å². The molecule has 0 saturated carbocycles. The van der Waals surface area contributed by atoms with Gasteiger partial charge in [0.25, 0.3) is 0 Å². The number of nitrogens with zero attached hydrogens (tertiary/aromatic N) is 3. The number of hydrogen-bond acceptors (Lipinski definition) is 4. The third-order valence-corrected chi connectivity index (χ3v) is 5.84. The van der Waals surface area contributed by atoms with Crippen LogP contribution < -0.4 is 4.74 Å². The number of rotatable bonds is 2. The largest absolute Gasteiger partial charge is 0.475 e. The van der Waals surface area contributed by atoms with Gasteiger partial charge in [-0.25, -0.2) is 17.4 Å². The molecule has 3 heterocycles. The van der Waals surface area contributed by atoms with E-state index in [9.17, 15) is 8.42 Å². The molecule has 0 amide bonds. The summed E-state index contributed by atoms with van der Waals surface area (Å²) < 4.78 is 32.6. The van der Waals surface area contributed by atoms with Gasteiger partial charge in [0.15, 0.2) is 0 Å². The van der Waals surface area contributed by atoms with Crippen LogP contribution in [0.4, 0.5) is 0 Å². The standard InChI is InChI=1S/C14H23N3O3S/c1-10-4-9-17-14(20-10)11(2)13(15-17)12-5-7-16(8-6-12)21(3,18)19/h10,12H,4-9H2,1-3H3/t10-/m1/s1. The van der Waals surface area contributed by atoms with Crippen LogP contribution in [0, 0.1) is 6.92 Å². The zero-order valence-electron chi connectivity index (χ0n) is 12.9. The first-order valence-corrected chi connectivity index (χ1v) is 9.40. The average Bonchev–Trinajstić information content (AvgIpc) is 2.75. The minimum absolute atomic E-state index is 0.243. The summed E-state index contributed by atoms with van der Waals surface area (Å²) in [6.07, 6.45) is 4.18. The first kappa shape index (κ1) is 14.8. The van der Waals surface area contributed by atoms with E-state index in [1.54, 1.807) is 4.31 Å². The van der Waals surface area contributed by atoms with Crippen LogP contribution in [0.3, 0.4) is 0 Å². The van der Waals surface area contributed by atoms with Crippen LogP contribution in [0.15, 0.2) is 0 Å². The van der Waals surface area contributed by atoms with E-state index in [0.29, 0.717) is 19.0 Å². The lowest BCUT2D eigenvalue weighted by Crippen LogP contribution is -2.37. The molecule has 0 N–H and O–H groups in total. The van der Waals surface area contributed by atoms with Gasteiger partial charge in [0.05, 0.1) is 18.1 Å². The highest BCUT2D eigenvalue weighted by Gasteiger charge is 2.31. The summed E-state index contributed by atoms with van der Waals surface area (Å²) in [5, 5.41) is 4.72. The molecule has 0 aromatic carbocycles. The lowest BCUT2D eigenvalue weighted by Gasteiger charge is -2.29. The molecule has 1 aromatic rings. The smallest absolute Gasteiger partial charge is 0.215 e. The molecule has 1 atom stereocenters. The molecule has 21 heavy (non-hydrogen) atoms. The molecule has 2 aliphatic rings. The number of piperidine rings is 1. The maximum atomic E-state index is 11.6. The molecule has 0 bridgehead atoms. The fourth-order valence-corrected chi connectivity index (χ4v) is 4.13. The van der Waals surface area contributed by atoms with E-state index in [1.165, 1.54) is 6.26 Å². The van der Waals surface area contributed by atoms with Gasteiger partial charge in [-0.3, -0.25) is 0 Å². The second-order valence-electron chi connectivity index (χ2n) is 6.19. The SMILES string of the molecule is Cc1c(C2CCN(S(C)(=O)=O)CC2)nn2c1O[C@H](C)CC2. The Labute approximate surface area is 126 Å². The van der Waals surface area contributed by atoms with Gasteiger partial charge in [-0.15, -0.1) is 0 Å². The van der Waals surface area contributed by atoms with E-state index in [4.69, 9.17) is 9.84 Å². The fraction of sp³-hybridized carbons (Fsp3) is 0.786. The molecule has 1 fully saturated rings. The summed E-state index contributed by atoms with van der Waals surface area (Å²) in [6.45, 7) is 6.22. The minimum Gasteiger partial charge on any atom is -0.475 e. The van der Waals surface area contributed by atoms with Gasteiger partial charge in [0, 0.05) is 37.5 Å². The molecule has 3 rings (SSSR count). The maximum Gasteiger partial charge on any atom is 0.215 e. The van der Waals surface area contributed by atoms with Gasteiger partial charge < -0.3 is 4.74 Å². The van der Waals surface area contributed by atoms with Crippen molar-refractivity contribution in [2.24, 2.45) is 0 Å². The topological polar surface area (TPSA) is 64.4 Å². The summed E-state index contributed by atoms with van der Waals surface area (Å²) in [6, 6.07) is 0. The molecular formula is C14H23N3O3S. The highest BCUT2D eigenvalue weighted by atomic mass is 32.2. The monoisotopic (exact) mass is 313 g/mol. The zero-order valence-corrected chi connectivity index (χ0v) is 13.7. The van der Waals surface area contributed by atoms with Crippen LogP contribution in [0.2, 0.25) is 0 Å². The lowest BCUT2D eigenvalue weighted by molar-refractivity contribution is 0.148. The van der Waals surface area contributed by atoms with Gasteiger partial charge in [0.2, 0.25) is 15.9 Å². The van der Waals surface area contributed by atoms with E-state index in [0.717, 1.165) is 42.9 Å². The van der Waals surface area contributed by atoms with Crippen LogP contribution in [-0.4, -0.2) is 48.0 Å². The molecule has 0 spiro atoms. The number of fused-ring (bicyclic) bond motifs is 1. The third kappa shape index (κ3) is 2.81. The molecule has 0 radical (unpaired) electrons. The molecule has 0 aliphatic carbocycles. The number of ether oxygens (including phenoxy) is 1. The lowest BCUT2D eigenvalue weighted by atomic mass is 9.92. The summed E-state index contributed by atoms with van der Waals surface area (Å²) in [4.78, 5) is 0. The summed E-state index contributed by atoms with van der Waals surface area (Å²) >= 11 is 0. The average molecular weight is 313 g/mol. The normalized spacial score (nSPS) is 24.6. The molecule has 7 heteroatoms. The third-order valence-electron chi connectivity index (χ3n) is 4.54. The van der Waals surface area contributed by atoms with Crippen molar-refractivity contribution in [3.8, 4) is 5.88 Å². The molecule has 2 aliphatic heterocycles. The molecule has 1 saturated heterocycles. The minimum atomic E-state index is -3.07. The van der Waals surface area contributed by atoms with Crippen molar-refractivity contribution in [3.05, 3.63) is 11.3 Å². The number of aromatic nitrogens is 2. The van der Waals surface area contributed by atoms with Crippen molar-refractivity contribution >= 4 is 10.0 Å². The fourth-order valence-electron chi connectivity index (χ4n) is 3.26. The summed E-state index contributed by atoms with van der Waals surface area (Å²) in [7, 11) is -3.07. The Morgan fingerprint density at radius 1 is 1.19 bits per heavy atom. The molecule has 1 aromatic heterocycles. The Bertz CT molecular complexity index is 630. The quantitative estimate of drug-likeness (QED) is 0.830. The van der Waals surface area contributed by atoms with Crippen LogP contribution in [0.5, 0.6) is 5.88 Å². The Morgan fingerprint density at radius 2 is 1.86 bits per heavy atom. The number of sulfonamides is 1. The Balaban J connectivity index is 1.77. The predicted molar refractivity (Wildman–Crippen MR) is 80.1 cm³/mol. The highest BCUT2D eigenvalue weighted by Crippen LogP contribution is 2.35. The van der Waals surface area contributed by atoms with Gasteiger partial charge in [-0.05, 0) is 26.7 Å². The van der Waals surface area contributed by atoms with E-state index < -0.39 is 10.0 Å². The van der Waals surface area contributed by atoms with Crippen molar-refractivity contribution in [2.45, 2.75) is 51.7 Å². The van der Waals surface area contributed by atoms with Gasteiger partial charge >= 0.3 is 0 Å². The second-order valence-corrected chi connectivity index (χ2v) is 8.17. The maximum absolute atomic E-state index is 11.6. The first-order chi connectivity index (χ1) is 9.86. The summed E-state index contributed by atoms with van der Waals surface area (Å²) in [5.41, 5.74) is 2.21. The Morgan fingerprint density at radius 3 is 2.48 bits per heavy atom. The van der Waals surface area contributed by atoms with Crippen LogP contribution in [-0.2, 0) is 16.6 Å². The van der Waals surface area contributed by atoms with Crippen molar-refractivity contribution in [3.63, 3.8) is 0 Å². The van der Waals surface area contributed by atoms with Crippen LogP contribution in [0.1, 0.15) is 43.4 Å². The van der Waals surface area contributed by atoms with Crippen molar-refractivity contribution in [2.75, 3.05) is 19.3 Å². The van der Waals surface area contributed by atoms with E-state index in [1.807, 2.05) is 4.68 Å².